The molecule has 1 aromatic rings. The molecular formula is C18H21F2NO2. The topological polar surface area (TPSA) is 40.5 Å². The molecule has 0 radical (unpaired) electrons. The second-order valence-electron chi connectivity index (χ2n) is 6.89. The Kier molecular flexibility index (Phi) is 3.79. The third-order valence-corrected chi connectivity index (χ3v) is 5.11. The first-order chi connectivity index (χ1) is 10.8. The van der Waals surface area contributed by atoms with E-state index >= 15 is 0 Å². The summed E-state index contributed by atoms with van der Waals surface area (Å²) in [6.07, 6.45) is 5.38. The van der Waals surface area contributed by atoms with E-state index in [1.807, 2.05) is 11.8 Å². The summed E-state index contributed by atoms with van der Waals surface area (Å²) in [5.41, 5.74) is 0.499. The van der Waals surface area contributed by atoms with E-state index in [1.165, 1.54) is 12.1 Å². The number of ketones is 1. The minimum atomic E-state index is -3.26. The van der Waals surface area contributed by atoms with Gasteiger partial charge in [0.1, 0.15) is 6.61 Å². The molecule has 1 aliphatic heterocycles. The van der Waals surface area contributed by atoms with Crippen molar-refractivity contribution in [2.45, 2.75) is 44.7 Å². The third-order valence-electron chi connectivity index (χ3n) is 5.11. The van der Waals surface area contributed by atoms with Crippen molar-refractivity contribution in [1.82, 2.24) is 4.90 Å². The summed E-state index contributed by atoms with van der Waals surface area (Å²) < 4.78 is 27.4. The average Bonchev–Trinajstić information content (AvgIpc) is 3.15. The molecule has 2 atom stereocenters. The van der Waals surface area contributed by atoms with Crippen molar-refractivity contribution in [3.63, 3.8) is 0 Å². The lowest BCUT2D eigenvalue weighted by atomic mass is 9.93. The second kappa shape index (κ2) is 5.41. The van der Waals surface area contributed by atoms with Crippen LogP contribution < -0.4 is 0 Å². The van der Waals surface area contributed by atoms with Crippen molar-refractivity contribution in [3.8, 4) is 0 Å². The van der Waals surface area contributed by atoms with Crippen molar-refractivity contribution in [2.24, 2.45) is 5.41 Å². The van der Waals surface area contributed by atoms with Crippen LogP contribution in [0.4, 0.5) is 8.78 Å². The van der Waals surface area contributed by atoms with Gasteiger partial charge in [0, 0.05) is 11.8 Å². The van der Waals surface area contributed by atoms with Crippen LogP contribution in [0.2, 0.25) is 0 Å². The Bertz CT molecular complexity index is 652. The molecule has 0 spiro atoms. The molecule has 0 aromatic heterocycles. The molecule has 124 valence electrons. The van der Waals surface area contributed by atoms with E-state index in [-0.39, 0.29) is 28.8 Å². The minimum Gasteiger partial charge on any atom is -0.390 e. The average molecular weight is 321 g/mol. The molecule has 1 N–H and O–H groups in total. The van der Waals surface area contributed by atoms with Gasteiger partial charge in [0.05, 0.1) is 12.1 Å². The fourth-order valence-electron chi connectivity index (χ4n) is 3.30. The Morgan fingerprint density at radius 2 is 2.13 bits per heavy atom. The summed E-state index contributed by atoms with van der Waals surface area (Å²) in [5.74, 6) is -3.16. The largest absolute Gasteiger partial charge is 0.390 e. The Labute approximate surface area is 134 Å². The van der Waals surface area contributed by atoms with E-state index in [1.54, 1.807) is 24.4 Å². The quantitative estimate of drug-likeness (QED) is 0.903. The summed E-state index contributed by atoms with van der Waals surface area (Å²) in [7, 11) is 0. The zero-order valence-corrected chi connectivity index (χ0v) is 13.3. The number of benzene rings is 1. The van der Waals surface area contributed by atoms with Gasteiger partial charge < -0.3 is 10.0 Å². The maximum Gasteiger partial charge on any atom is 0.295 e. The lowest BCUT2D eigenvalue weighted by molar-refractivity contribution is -0.119. The van der Waals surface area contributed by atoms with Gasteiger partial charge in [-0.2, -0.15) is 8.78 Å². The zero-order chi connectivity index (χ0) is 16.8. The summed E-state index contributed by atoms with van der Waals surface area (Å²) in [6, 6.07) is 5.69. The van der Waals surface area contributed by atoms with Crippen LogP contribution in [0.3, 0.4) is 0 Å². The molecule has 0 bridgehead atoms. The number of rotatable bonds is 5. The smallest absolute Gasteiger partial charge is 0.295 e. The number of nitrogens with zero attached hydrogens (tertiary/aromatic N) is 1. The fourth-order valence-corrected chi connectivity index (χ4v) is 3.30. The van der Waals surface area contributed by atoms with E-state index in [9.17, 15) is 13.6 Å². The van der Waals surface area contributed by atoms with Crippen LogP contribution in [0.15, 0.2) is 36.5 Å². The predicted octanol–water partition coefficient (Wildman–Crippen LogP) is 3.40. The Morgan fingerprint density at radius 3 is 2.74 bits per heavy atom. The lowest BCUT2D eigenvalue weighted by Crippen LogP contribution is -2.40. The van der Waals surface area contributed by atoms with Crippen LogP contribution >= 0.6 is 0 Å². The van der Waals surface area contributed by atoms with Crippen LogP contribution in [0.1, 0.15) is 43.9 Å². The molecule has 5 heteroatoms. The van der Waals surface area contributed by atoms with Crippen LogP contribution in [0.25, 0.3) is 0 Å². The third kappa shape index (κ3) is 2.78. The van der Waals surface area contributed by atoms with Gasteiger partial charge in [0.25, 0.3) is 5.92 Å². The highest BCUT2D eigenvalue weighted by atomic mass is 19.3. The Morgan fingerprint density at radius 1 is 1.43 bits per heavy atom. The molecular weight excluding hydrogens is 300 g/mol. The highest BCUT2D eigenvalue weighted by Gasteiger charge is 2.52. The molecule has 1 aliphatic carbocycles. The first kappa shape index (κ1) is 16.1. The van der Waals surface area contributed by atoms with Crippen LogP contribution in [-0.4, -0.2) is 28.4 Å². The molecule has 3 nitrogen and oxygen atoms in total. The van der Waals surface area contributed by atoms with Crippen LogP contribution in [0.5, 0.6) is 0 Å². The summed E-state index contributed by atoms with van der Waals surface area (Å²) in [4.78, 5) is 14.2. The van der Waals surface area contributed by atoms with Crippen molar-refractivity contribution >= 4 is 5.78 Å². The Balaban J connectivity index is 1.88. The van der Waals surface area contributed by atoms with Crippen molar-refractivity contribution in [3.05, 3.63) is 47.7 Å². The number of carbonyl (C=O) groups is 1. The normalized spacial score (nSPS) is 24.1. The first-order valence-electron chi connectivity index (χ1n) is 7.87. The molecule has 1 unspecified atom stereocenters. The van der Waals surface area contributed by atoms with E-state index in [4.69, 9.17) is 5.11 Å². The molecule has 1 fully saturated rings. The highest BCUT2D eigenvalue weighted by Crippen LogP contribution is 2.53. The number of carbonyl (C=O) groups excluding carboxylic acids is 1. The van der Waals surface area contributed by atoms with Gasteiger partial charge >= 0.3 is 0 Å². The molecule has 3 rings (SSSR count). The lowest BCUT2D eigenvalue weighted by Gasteiger charge is -2.35. The molecule has 1 heterocycles. The van der Waals surface area contributed by atoms with E-state index in [0.29, 0.717) is 5.56 Å². The van der Waals surface area contributed by atoms with Crippen molar-refractivity contribution < 1.29 is 18.7 Å². The monoisotopic (exact) mass is 321 g/mol. The van der Waals surface area contributed by atoms with Crippen molar-refractivity contribution in [2.75, 3.05) is 6.61 Å². The highest BCUT2D eigenvalue weighted by molar-refractivity contribution is 5.97. The second-order valence-corrected chi connectivity index (χ2v) is 6.89. The standard InChI is InChI=1S/C18H21F2NO2/c1-12(13-4-3-5-14(10-13)18(19,20)11-22)21-9-6-15(23)16(21)17(2)7-8-17/h3-6,9-10,12,16,22H,7-8,11H2,1-2H3/t12?,16-/m0/s1. The van der Waals surface area contributed by atoms with Gasteiger partial charge in [-0.3, -0.25) is 4.79 Å². The van der Waals surface area contributed by atoms with E-state index < -0.39 is 12.5 Å². The predicted molar refractivity (Wildman–Crippen MR) is 83.0 cm³/mol. The van der Waals surface area contributed by atoms with Crippen LogP contribution in [0, 0.1) is 5.41 Å². The molecule has 0 amide bonds. The van der Waals surface area contributed by atoms with Crippen molar-refractivity contribution in [1.29, 1.82) is 0 Å². The molecule has 2 aliphatic rings. The molecule has 1 aromatic carbocycles. The summed E-state index contributed by atoms with van der Waals surface area (Å²) >= 11 is 0. The number of aliphatic hydroxyl groups is 1. The van der Waals surface area contributed by atoms with Gasteiger partial charge in [0.2, 0.25) is 0 Å². The van der Waals surface area contributed by atoms with Gasteiger partial charge in [0.15, 0.2) is 5.78 Å². The number of hydrogen-bond acceptors (Lipinski definition) is 3. The number of hydrogen-bond donors (Lipinski definition) is 1. The first-order valence-corrected chi connectivity index (χ1v) is 7.87. The van der Waals surface area contributed by atoms with E-state index in [0.717, 1.165) is 12.8 Å². The SMILES string of the molecule is CC(c1cccc(C(F)(F)CO)c1)N1C=CC(=O)[C@H]1C1(C)CC1. The summed E-state index contributed by atoms with van der Waals surface area (Å²) in [6.45, 7) is 2.80. The van der Waals surface area contributed by atoms with Gasteiger partial charge in [-0.1, -0.05) is 25.1 Å². The molecule has 23 heavy (non-hydrogen) atoms. The number of aliphatic hydroxyl groups excluding tert-OH is 1. The fraction of sp³-hybridized carbons (Fsp3) is 0.500. The molecule has 0 saturated heterocycles. The number of alkyl halides is 2. The van der Waals surface area contributed by atoms with Gasteiger partial charge in [-0.25, -0.2) is 0 Å². The summed E-state index contributed by atoms with van der Waals surface area (Å²) in [5, 5.41) is 8.86. The number of halogens is 2. The van der Waals surface area contributed by atoms with E-state index in [2.05, 4.69) is 6.92 Å². The zero-order valence-electron chi connectivity index (χ0n) is 13.3. The maximum absolute atomic E-state index is 13.7. The Hall–Kier alpha value is -1.75. The van der Waals surface area contributed by atoms with Crippen LogP contribution in [-0.2, 0) is 10.7 Å². The van der Waals surface area contributed by atoms with Gasteiger partial charge in [-0.05, 0) is 42.9 Å². The maximum atomic E-state index is 13.7. The van der Waals surface area contributed by atoms with Gasteiger partial charge in [-0.15, -0.1) is 0 Å². The molecule has 1 saturated carbocycles. The minimum absolute atomic E-state index is 0.0124.